The Morgan fingerprint density at radius 1 is 1.75 bits per heavy atom. The highest BCUT2D eigenvalue weighted by molar-refractivity contribution is 5.88. The van der Waals surface area contributed by atoms with Crippen LogP contribution in [0.5, 0.6) is 0 Å². The summed E-state index contributed by atoms with van der Waals surface area (Å²) in [4.78, 5) is 16.7. The Hall–Kier alpha value is -2.20. The molecule has 0 spiro atoms. The monoisotopic (exact) mass is 220 g/mol. The van der Waals surface area contributed by atoms with E-state index in [-0.39, 0.29) is 12.5 Å². The minimum absolute atomic E-state index is 0.288. The maximum atomic E-state index is 11.3. The van der Waals surface area contributed by atoms with Crippen LogP contribution in [-0.4, -0.2) is 24.1 Å². The zero-order chi connectivity index (χ0) is 11.8. The van der Waals surface area contributed by atoms with Crippen molar-refractivity contribution in [2.24, 2.45) is 5.11 Å². The number of azide groups is 1. The highest BCUT2D eigenvalue weighted by Gasteiger charge is 2.07. The van der Waals surface area contributed by atoms with Crippen LogP contribution >= 0.6 is 0 Å². The third-order valence-corrected chi connectivity index (χ3v) is 1.76. The van der Waals surface area contributed by atoms with Gasteiger partial charge in [-0.05, 0) is 24.1 Å². The molecular weight excluding hydrogens is 208 g/mol. The van der Waals surface area contributed by atoms with Gasteiger partial charge in [0.25, 0.3) is 0 Å². The fourth-order valence-electron chi connectivity index (χ4n) is 1.11. The molecule has 16 heavy (non-hydrogen) atoms. The number of rotatable bonds is 5. The fraction of sp³-hybridized carbons (Fsp3) is 0.300. The highest BCUT2D eigenvalue weighted by Crippen LogP contribution is 2.06. The molecule has 0 radical (unpaired) electrons. The van der Waals surface area contributed by atoms with Crippen LogP contribution in [0.25, 0.3) is 16.5 Å². The van der Waals surface area contributed by atoms with Crippen LogP contribution in [0, 0.1) is 0 Å². The molecule has 1 heterocycles. The van der Waals surface area contributed by atoms with Gasteiger partial charge in [0.15, 0.2) is 0 Å². The van der Waals surface area contributed by atoms with Crippen LogP contribution in [-0.2, 0) is 4.74 Å². The first kappa shape index (κ1) is 11.9. The molecular formula is C10H12N4O2. The van der Waals surface area contributed by atoms with Gasteiger partial charge in [-0.1, -0.05) is 17.3 Å². The lowest BCUT2D eigenvalue weighted by Gasteiger charge is -1.96. The van der Waals surface area contributed by atoms with Crippen molar-refractivity contribution in [3.8, 4) is 0 Å². The number of carbonyl (C=O) groups is 1. The first-order valence-corrected chi connectivity index (χ1v) is 4.81. The van der Waals surface area contributed by atoms with Crippen molar-refractivity contribution in [2.45, 2.75) is 6.92 Å². The molecule has 0 fully saturated rings. The van der Waals surface area contributed by atoms with Crippen LogP contribution in [0.4, 0.5) is 0 Å². The Bertz CT molecular complexity index is 430. The molecule has 0 aliphatic heterocycles. The zero-order valence-corrected chi connectivity index (χ0v) is 8.88. The molecule has 1 N–H and O–H groups in total. The Morgan fingerprint density at radius 2 is 2.56 bits per heavy atom. The summed E-state index contributed by atoms with van der Waals surface area (Å²) in [5, 5.41) is 3.35. The second kappa shape index (κ2) is 6.31. The number of hydrogen-bond acceptors (Lipinski definition) is 3. The van der Waals surface area contributed by atoms with Gasteiger partial charge in [-0.25, -0.2) is 4.79 Å². The molecule has 0 saturated heterocycles. The quantitative estimate of drug-likeness (QED) is 0.357. The summed E-state index contributed by atoms with van der Waals surface area (Å²) in [6.07, 6.45) is 5.14. The minimum Gasteiger partial charge on any atom is -0.461 e. The molecule has 6 heteroatoms. The van der Waals surface area contributed by atoms with Gasteiger partial charge in [0.1, 0.15) is 5.69 Å². The number of nitrogens with one attached hydrogen (secondary N) is 1. The van der Waals surface area contributed by atoms with Crippen molar-refractivity contribution < 1.29 is 9.53 Å². The average molecular weight is 220 g/mol. The van der Waals surface area contributed by atoms with E-state index in [1.807, 2.05) is 0 Å². The molecule has 0 amide bonds. The second-order valence-electron chi connectivity index (χ2n) is 2.88. The van der Waals surface area contributed by atoms with E-state index in [2.05, 4.69) is 15.0 Å². The minimum atomic E-state index is -0.378. The number of nitrogens with zero attached hydrogens (tertiary/aromatic N) is 3. The van der Waals surface area contributed by atoms with Gasteiger partial charge in [0.2, 0.25) is 0 Å². The fourth-order valence-corrected chi connectivity index (χ4v) is 1.11. The van der Waals surface area contributed by atoms with E-state index in [4.69, 9.17) is 10.3 Å². The molecule has 0 bridgehead atoms. The number of esters is 1. The van der Waals surface area contributed by atoms with E-state index in [1.165, 1.54) is 0 Å². The Morgan fingerprint density at radius 3 is 3.25 bits per heavy atom. The molecule has 0 unspecified atom stereocenters. The maximum absolute atomic E-state index is 11.3. The molecule has 0 saturated carbocycles. The van der Waals surface area contributed by atoms with Crippen molar-refractivity contribution in [3.63, 3.8) is 0 Å². The summed E-state index contributed by atoms with van der Waals surface area (Å²) in [7, 11) is 0. The summed E-state index contributed by atoms with van der Waals surface area (Å²) in [5.41, 5.74) is 9.29. The molecule has 0 aliphatic rings. The summed E-state index contributed by atoms with van der Waals surface area (Å²) in [5.74, 6) is -0.378. The van der Waals surface area contributed by atoms with Crippen molar-refractivity contribution in [1.29, 1.82) is 0 Å². The van der Waals surface area contributed by atoms with Crippen molar-refractivity contribution >= 4 is 12.0 Å². The molecule has 0 atom stereocenters. The van der Waals surface area contributed by atoms with Gasteiger partial charge in [-0.15, -0.1) is 0 Å². The van der Waals surface area contributed by atoms with E-state index in [1.54, 1.807) is 31.3 Å². The number of ether oxygens (including phenoxy) is 1. The molecule has 1 aromatic heterocycles. The van der Waals surface area contributed by atoms with E-state index in [0.29, 0.717) is 12.3 Å². The van der Waals surface area contributed by atoms with E-state index in [0.717, 1.165) is 5.56 Å². The van der Waals surface area contributed by atoms with Crippen LogP contribution in [0.1, 0.15) is 23.0 Å². The van der Waals surface area contributed by atoms with Gasteiger partial charge < -0.3 is 9.72 Å². The van der Waals surface area contributed by atoms with Crippen molar-refractivity contribution in [3.05, 3.63) is 40.0 Å². The topological polar surface area (TPSA) is 90.8 Å². The number of hydrogen-bond donors (Lipinski definition) is 1. The summed E-state index contributed by atoms with van der Waals surface area (Å²) in [6.45, 7) is 2.39. The number of aromatic nitrogens is 1. The van der Waals surface area contributed by atoms with Gasteiger partial charge in [0.05, 0.1) is 6.61 Å². The normalized spacial score (nSPS) is 10.1. The summed E-state index contributed by atoms with van der Waals surface area (Å²) in [6, 6.07) is 1.67. The van der Waals surface area contributed by atoms with Crippen LogP contribution in [0.2, 0.25) is 0 Å². The lowest BCUT2D eigenvalue weighted by atomic mass is 10.3. The number of carbonyl (C=O) groups excluding carboxylic acids is 1. The first-order chi connectivity index (χ1) is 7.77. The third-order valence-electron chi connectivity index (χ3n) is 1.76. The Balaban J connectivity index is 2.60. The van der Waals surface area contributed by atoms with Crippen LogP contribution < -0.4 is 0 Å². The predicted molar refractivity (Wildman–Crippen MR) is 59.8 cm³/mol. The lowest BCUT2D eigenvalue weighted by molar-refractivity contribution is 0.0520. The standard InChI is InChI=1S/C10H12N4O2/c1-2-16-10(15)9-6-8(7-12-9)4-3-5-13-14-11/h3-4,6-7,12H,2,5H2,1H3. The van der Waals surface area contributed by atoms with Gasteiger partial charge >= 0.3 is 5.97 Å². The maximum Gasteiger partial charge on any atom is 0.354 e. The molecule has 84 valence electrons. The van der Waals surface area contributed by atoms with Gasteiger partial charge in [-0.2, -0.15) is 0 Å². The van der Waals surface area contributed by atoms with Gasteiger partial charge in [0, 0.05) is 17.7 Å². The third kappa shape index (κ3) is 3.51. The SMILES string of the molecule is CCOC(=O)c1cc(C=CCN=[N+]=[N-])c[nH]1. The van der Waals surface area contributed by atoms with Crippen molar-refractivity contribution in [2.75, 3.05) is 13.2 Å². The predicted octanol–water partition coefficient (Wildman–Crippen LogP) is 2.51. The van der Waals surface area contributed by atoms with E-state index >= 15 is 0 Å². The van der Waals surface area contributed by atoms with Crippen LogP contribution in [0.3, 0.4) is 0 Å². The van der Waals surface area contributed by atoms with Crippen molar-refractivity contribution in [1.82, 2.24) is 4.98 Å². The number of aromatic amines is 1. The molecule has 0 aliphatic carbocycles. The summed E-state index contributed by atoms with van der Waals surface area (Å²) < 4.78 is 4.82. The summed E-state index contributed by atoms with van der Waals surface area (Å²) >= 11 is 0. The van der Waals surface area contributed by atoms with Crippen LogP contribution in [0.15, 0.2) is 23.5 Å². The second-order valence-corrected chi connectivity index (χ2v) is 2.88. The van der Waals surface area contributed by atoms with Gasteiger partial charge in [-0.3, -0.25) is 0 Å². The smallest absolute Gasteiger partial charge is 0.354 e. The molecule has 1 aromatic rings. The lowest BCUT2D eigenvalue weighted by Crippen LogP contribution is -2.04. The van der Waals surface area contributed by atoms with E-state index in [9.17, 15) is 4.79 Å². The first-order valence-electron chi connectivity index (χ1n) is 4.81. The Labute approximate surface area is 92.5 Å². The molecule has 6 nitrogen and oxygen atoms in total. The molecule has 1 rings (SSSR count). The largest absolute Gasteiger partial charge is 0.461 e. The Kier molecular flexibility index (Phi) is 4.69. The zero-order valence-electron chi connectivity index (χ0n) is 8.88. The number of H-pyrrole nitrogens is 1. The molecule has 0 aromatic carbocycles. The highest BCUT2D eigenvalue weighted by atomic mass is 16.5. The van der Waals surface area contributed by atoms with E-state index < -0.39 is 0 Å². The average Bonchev–Trinajstić information content (AvgIpc) is 2.73.